The summed E-state index contributed by atoms with van der Waals surface area (Å²) in [6, 6.07) is 6.17. The maximum absolute atomic E-state index is 13.4. The smallest absolute Gasteiger partial charge is 0.260 e. The highest BCUT2D eigenvalue weighted by Crippen LogP contribution is 2.27. The third-order valence-corrected chi connectivity index (χ3v) is 3.85. The Morgan fingerprint density at radius 1 is 1.48 bits per heavy atom. The van der Waals surface area contributed by atoms with Crippen molar-refractivity contribution in [2.45, 2.75) is 26.3 Å². The van der Waals surface area contributed by atoms with Gasteiger partial charge < -0.3 is 15.4 Å². The van der Waals surface area contributed by atoms with Crippen molar-refractivity contribution in [3.8, 4) is 5.75 Å². The number of nitrogens with zero attached hydrogens (tertiary/aromatic N) is 1. The van der Waals surface area contributed by atoms with Crippen molar-refractivity contribution in [2.75, 3.05) is 19.7 Å². The van der Waals surface area contributed by atoms with Gasteiger partial charge in [-0.3, -0.25) is 4.79 Å². The zero-order valence-electron chi connectivity index (χ0n) is 12.3. The molecular weight excluding hydrogens is 295 g/mol. The number of hydrogen-bond acceptors (Lipinski definition) is 3. The molecule has 1 saturated heterocycles. The number of benzene rings is 1. The normalized spacial score (nSPS) is 20.6. The molecule has 118 valence electrons. The van der Waals surface area contributed by atoms with Crippen molar-refractivity contribution in [2.24, 2.45) is 11.1 Å². The number of halogens is 2. The molecule has 0 spiro atoms. The van der Waals surface area contributed by atoms with Gasteiger partial charge in [0.25, 0.3) is 5.91 Å². The van der Waals surface area contributed by atoms with Crippen LogP contribution in [0.15, 0.2) is 24.3 Å². The molecule has 1 unspecified atom stereocenters. The van der Waals surface area contributed by atoms with Crippen molar-refractivity contribution in [1.29, 1.82) is 0 Å². The SMILES string of the molecule is CC1(C)CN(C(=O)COc2ccccc2F)CCC1N.Cl. The number of piperidine rings is 1. The van der Waals surface area contributed by atoms with E-state index < -0.39 is 5.82 Å². The zero-order chi connectivity index (χ0) is 14.8. The standard InChI is InChI=1S/C15H21FN2O2.ClH/c1-15(2)10-18(8-7-13(15)17)14(19)9-20-12-6-4-3-5-11(12)16;/h3-6,13H,7-10,17H2,1-2H3;1H. The van der Waals surface area contributed by atoms with Gasteiger partial charge in [0.05, 0.1) is 0 Å². The van der Waals surface area contributed by atoms with Gasteiger partial charge in [0.2, 0.25) is 0 Å². The lowest BCUT2D eigenvalue weighted by Crippen LogP contribution is -2.54. The lowest BCUT2D eigenvalue weighted by Gasteiger charge is -2.42. The van der Waals surface area contributed by atoms with Crippen LogP contribution in [0.25, 0.3) is 0 Å². The van der Waals surface area contributed by atoms with E-state index in [0.29, 0.717) is 13.1 Å². The maximum Gasteiger partial charge on any atom is 0.260 e. The minimum atomic E-state index is -0.457. The van der Waals surface area contributed by atoms with E-state index in [-0.39, 0.29) is 42.1 Å². The van der Waals surface area contributed by atoms with Crippen LogP contribution in [0.1, 0.15) is 20.3 Å². The molecule has 0 aromatic heterocycles. The summed E-state index contributed by atoms with van der Waals surface area (Å²) < 4.78 is 18.6. The second kappa shape index (κ2) is 7.09. The van der Waals surface area contributed by atoms with Crippen LogP contribution >= 0.6 is 12.4 Å². The molecule has 2 N–H and O–H groups in total. The second-order valence-corrected chi connectivity index (χ2v) is 5.92. The van der Waals surface area contributed by atoms with Gasteiger partial charge in [-0.15, -0.1) is 12.4 Å². The summed E-state index contributed by atoms with van der Waals surface area (Å²) in [5, 5.41) is 0. The fourth-order valence-corrected chi connectivity index (χ4v) is 2.38. The molecule has 1 aromatic carbocycles. The van der Waals surface area contributed by atoms with Crippen LogP contribution in [0.2, 0.25) is 0 Å². The van der Waals surface area contributed by atoms with Crippen LogP contribution in [0, 0.1) is 11.2 Å². The van der Waals surface area contributed by atoms with Crippen LogP contribution in [0.5, 0.6) is 5.75 Å². The molecule has 1 aliphatic rings. The van der Waals surface area contributed by atoms with E-state index in [0.717, 1.165) is 6.42 Å². The van der Waals surface area contributed by atoms with Crippen LogP contribution in [-0.4, -0.2) is 36.5 Å². The van der Waals surface area contributed by atoms with Crippen LogP contribution in [0.4, 0.5) is 4.39 Å². The predicted octanol–water partition coefficient (Wildman–Crippen LogP) is 2.21. The number of carbonyl (C=O) groups excluding carboxylic acids is 1. The van der Waals surface area contributed by atoms with Gasteiger partial charge in [-0.05, 0) is 24.0 Å². The average Bonchev–Trinajstić information content (AvgIpc) is 2.40. The number of nitrogens with two attached hydrogens (primary N) is 1. The van der Waals surface area contributed by atoms with Gasteiger partial charge in [-0.1, -0.05) is 26.0 Å². The Hall–Kier alpha value is -1.33. The summed E-state index contributed by atoms with van der Waals surface area (Å²) in [5.41, 5.74) is 5.94. The summed E-state index contributed by atoms with van der Waals surface area (Å²) in [6.45, 7) is 5.19. The molecule has 2 rings (SSSR count). The Labute approximate surface area is 130 Å². The van der Waals surface area contributed by atoms with E-state index in [2.05, 4.69) is 13.8 Å². The Morgan fingerprint density at radius 3 is 2.76 bits per heavy atom. The van der Waals surface area contributed by atoms with Gasteiger partial charge in [-0.25, -0.2) is 4.39 Å². The number of hydrogen-bond donors (Lipinski definition) is 1. The summed E-state index contributed by atoms with van der Waals surface area (Å²) in [7, 11) is 0. The third kappa shape index (κ3) is 4.32. The molecular formula is C15H22ClFN2O2. The van der Waals surface area contributed by atoms with Crippen molar-refractivity contribution in [1.82, 2.24) is 4.90 Å². The van der Waals surface area contributed by atoms with Gasteiger partial charge in [0, 0.05) is 19.1 Å². The monoisotopic (exact) mass is 316 g/mol. The summed E-state index contributed by atoms with van der Waals surface area (Å²) >= 11 is 0. The molecule has 0 aliphatic carbocycles. The van der Waals surface area contributed by atoms with E-state index >= 15 is 0 Å². The molecule has 1 amide bonds. The fourth-order valence-electron chi connectivity index (χ4n) is 2.38. The van der Waals surface area contributed by atoms with E-state index in [1.54, 1.807) is 17.0 Å². The largest absolute Gasteiger partial charge is 0.481 e. The first-order valence-corrected chi connectivity index (χ1v) is 6.81. The van der Waals surface area contributed by atoms with Gasteiger partial charge in [0.15, 0.2) is 18.2 Å². The molecule has 6 heteroatoms. The Morgan fingerprint density at radius 2 is 2.14 bits per heavy atom. The molecule has 1 heterocycles. The first-order chi connectivity index (χ1) is 9.40. The highest BCUT2D eigenvalue weighted by atomic mass is 35.5. The molecule has 1 atom stereocenters. The molecule has 21 heavy (non-hydrogen) atoms. The quantitative estimate of drug-likeness (QED) is 0.930. The molecule has 1 aliphatic heterocycles. The molecule has 1 fully saturated rings. The molecule has 1 aromatic rings. The topological polar surface area (TPSA) is 55.6 Å². The van der Waals surface area contributed by atoms with Crippen molar-refractivity contribution in [3.63, 3.8) is 0 Å². The number of ether oxygens (including phenoxy) is 1. The van der Waals surface area contributed by atoms with Crippen LogP contribution < -0.4 is 10.5 Å². The summed E-state index contributed by atoms with van der Waals surface area (Å²) in [6.07, 6.45) is 0.776. The van der Waals surface area contributed by atoms with E-state index in [4.69, 9.17) is 10.5 Å². The predicted molar refractivity (Wildman–Crippen MR) is 82.1 cm³/mol. The van der Waals surface area contributed by atoms with Crippen molar-refractivity contribution < 1.29 is 13.9 Å². The molecule has 0 radical (unpaired) electrons. The molecule has 0 saturated carbocycles. The fraction of sp³-hybridized carbons (Fsp3) is 0.533. The van der Waals surface area contributed by atoms with Crippen LogP contribution in [0.3, 0.4) is 0 Å². The highest BCUT2D eigenvalue weighted by Gasteiger charge is 2.35. The molecule has 0 bridgehead atoms. The number of carbonyl (C=O) groups is 1. The lowest BCUT2D eigenvalue weighted by atomic mass is 9.80. The van der Waals surface area contributed by atoms with E-state index in [9.17, 15) is 9.18 Å². The maximum atomic E-state index is 13.4. The van der Waals surface area contributed by atoms with E-state index in [1.165, 1.54) is 12.1 Å². The zero-order valence-corrected chi connectivity index (χ0v) is 13.2. The number of likely N-dealkylation sites (tertiary alicyclic amines) is 1. The minimum Gasteiger partial charge on any atom is -0.481 e. The third-order valence-electron chi connectivity index (χ3n) is 3.85. The number of amides is 1. The molecule has 4 nitrogen and oxygen atoms in total. The summed E-state index contributed by atoms with van der Waals surface area (Å²) in [4.78, 5) is 13.9. The average molecular weight is 317 g/mol. The summed E-state index contributed by atoms with van der Waals surface area (Å²) in [5.74, 6) is -0.483. The van der Waals surface area contributed by atoms with Gasteiger partial charge >= 0.3 is 0 Å². The van der Waals surface area contributed by atoms with Gasteiger partial charge in [-0.2, -0.15) is 0 Å². The second-order valence-electron chi connectivity index (χ2n) is 5.92. The minimum absolute atomic E-state index is 0. The van der Waals surface area contributed by atoms with Crippen molar-refractivity contribution in [3.05, 3.63) is 30.1 Å². The first-order valence-electron chi connectivity index (χ1n) is 6.81. The highest BCUT2D eigenvalue weighted by molar-refractivity contribution is 5.85. The first kappa shape index (κ1) is 17.7. The number of para-hydroxylation sites is 1. The van der Waals surface area contributed by atoms with Gasteiger partial charge in [0.1, 0.15) is 0 Å². The van der Waals surface area contributed by atoms with Crippen LogP contribution in [-0.2, 0) is 4.79 Å². The van der Waals surface area contributed by atoms with E-state index in [1.807, 2.05) is 0 Å². The Kier molecular flexibility index (Phi) is 5.98. The van der Waals surface area contributed by atoms with Crippen molar-refractivity contribution >= 4 is 18.3 Å². The Bertz CT molecular complexity index is 496. The lowest BCUT2D eigenvalue weighted by molar-refractivity contribution is -0.136. The number of rotatable bonds is 3. The Balaban J connectivity index is 0.00000220.